The Morgan fingerprint density at radius 1 is 1.25 bits per heavy atom. The van der Waals surface area contributed by atoms with Crippen LogP contribution in [-0.4, -0.2) is 10.1 Å². The first kappa shape index (κ1) is 9.33. The van der Waals surface area contributed by atoms with Crippen LogP contribution in [0.5, 0.6) is 0 Å². The monoisotopic (exact) mass is 212 g/mol. The standard InChI is InChI=1S/C13H12N2O/c1-2-4-11-13-9-5-3-8-14-10(9)6-7-12(13)16-15-11/h3,5-8H,2,4H2,1H3. The molecule has 1 aromatic carbocycles. The Kier molecular flexibility index (Phi) is 2.10. The van der Waals surface area contributed by atoms with Gasteiger partial charge in [-0.05, 0) is 24.6 Å². The second-order valence-corrected chi connectivity index (χ2v) is 3.89. The van der Waals surface area contributed by atoms with E-state index in [2.05, 4.69) is 23.1 Å². The van der Waals surface area contributed by atoms with Gasteiger partial charge in [-0.1, -0.05) is 24.6 Å². The summed E-state index contributed by atoms with van der Waals surface area (Å²) in [5.74, 6) is 0. The zero-order valence-corrected chi connectivity index (χ0v) is 9.10. The van der Waals surface area contributed by atoms with Gasteiger partial charge in [0.15, 0.2) is 5.58 Å². The first-order valence-corrected chi connectivity index (χ1v) is 5.52. The van der Waals surface area contributed by atoms with Crippen molar-refractivity contribution in [3.8, 4) is 0 Å². The topological polar surface area (TPSA) is 38.9 Å². The van der Waals surface area contributed by atoms with Crippen molar-refractivity contribution in [2.45, 2.75) is 19.8 Å². The lowest BCUT2D eigenvalue weighted by Crippen LogP contribution is -1.85. The van der Waals surface area contributed by atoms with Crippen LogP contribution in [0.15, 0.2) is 35.0 Å². The molecule has 3 rings (SSSR count). The molecule has 3 nitrogen and oxygen atoms in total. The summed E-state index contributed by atoms with van der Waals surface area (Å²) >= 11 is 0. The lowest BCUT2D eigenvalue weighted by atomic mass is 10.1. The summed E-state index contributed by atoms with van der Waals surface area (Å²) in [5.41, 5.74) is 2.88. The van der Waals surface area contributed by atoms with E-state index in [1.807, 2.05) is 18.2 Å². The van der Waals surface area contributed by atoms with Crippen LogP contribution in [-0.2, 0) is 6.42 Å². The molecule has 0 aliphatic rings. The fraction of sp³-hybridized carbons (Fsp3) is 0.231. The fourth-order valence-electron chi connectivity index (χ4n) is 2.06. The molecule has 2 heterocycles. The van der Waals surface area contributed by atoms with Crippen molar-refractivity contribution in [2.75, 3.05) is 0 Å². The van der Waals surface area contributed by atoms with Crippen LogP contribution in [0.25, 0.3) is 21.9 Å². The molecule has 3 aromatic rings. The van der Waals surface area contributed by atoms with Gasteiger partial charge in [0.2, 0.25) is 0 Å². The van der Waals surface area contributed by atoms with Crippen LogP contribution in [0, 0.1) is 0 Å². The number of fused-ring (bicyclic) bond motifs is 3. The smallest absolute Gasteiger partial charge is 0.167 e. The Morgan fingerprint density at radius 2 is 2.19 bits per heavy atom. The third-order valence-corrected chi connectivity index (χ3v) is 2.78. The third-order valence-electron chi connectivity index (χ3n) is 2.78. The highest BCUT2D eigenvalue weighted by Gasteiger charge is 2.10. The second-order valence-electron chi connectivity index (χ2n) is 3.89. The summed E-state index contributed by atoms with van der Waals surface area (Å²) in [4.78, 5) is 4.34. The quantitative estimate of drug-likeness (QED) is 0.654. The maximum absolute atomic E-state index is 5.33. The number of benzene rings is 1. The number of hydrogen-bond donors (Lipinski definition) is 0. The highest BCUT2D eigenvalue weighted by atomic mass is 16.5. The first-order valence-electron chi connectivity index (χ1n) is 5.52. The molecule has 0 saturated heterocycles. The van der Waals surface area contributed by atoms with E-state index >= 15 is 0 Å². The van der Waals surface area contributed by atoms with Crippen molar-refractivity contribution in [3.05, 3.63) is 36.2 Å². The molecule has 2 aromatic heterocycles. The minimum Gasteiger partial charge on any atom is -0.356 e. The Hall–Kier alpha value is -1.90. The van der Waals surface area contributed by atoms with Crippen molar-refractivity contribution < 1.29 is 4.52 Å². The van der Waals surface area contributed by atoms with Gasteiger partial charge in [0.1, 0.15) is 0 Å². The van der Waals surface area contributed by atoms with Crippen LogP contribution >= 0.6 is 0 Å². The molecule has 0 radical (unpaired) electrons. The maximum atomic E-state index is 5.33. The first-order chi connectivity index (χ1) is 7.90. The number of aryl methyl sites for hydroxylation is 1. The van der Waals surface area contributed by atoms with E-state index in [0.29, 0.717) is 0 Å². The zero-order chi connectivity index (χ0) is 11.0. The molecular weight excluding hydrogens is 200 g/mol. The van der Waals surface area contributed by atoms with Crippen LogP contribution in [0.1, 0.15) is 19.0 Å². The minimum atomic E-state index is 0.851. The molecule has 0 aliphatic heterocycles. The summed E-state index contributed by atoms with van der Waals surface area (Å²) in [6.45, 7) is 2.14. The molecule has 0 N–H and O–H groups in total. The van der Waals surface area contributed by atoms with Crippen LogP contribution in [0.3, 0.4) is 0 Å². The number of pyridine rings is 1. The van der Waals surface area contributed by atoms with E-state index in [0.717, 1.165) is 40.4 Å². The van der Waals surface area contributed by atoms with Crippen molar-refractivity contribution >= 4 is 21.9 Å². The summed E-state index contributed by atoms with van der Waals surface area (Å²) in [6, 6.07) is 7.93. The minimum absolute atomic E-state index is 0.851. The lowest BCUT2D eigenvalue weighted by Gasteiger charge is -1.98. The van der Waals surface area contributed by atoms with Gasteiger partial charge >= 0.3 is 0 Å². The van der Waals surface area contributed by atoms with Gasteiger partial charge in [-0.25, -0.2) is 0 Å². The van der Waals surface area contributed by atoms with Crippen molar-refractivity contribution in [1.82, 2.24) is 10.1 Å². The van der Waals surface area contributed by atoms with Gasteiger partial charge in [-0.3, -0.25) is 4.98 Å². The number of aromatic nitrogens is 2. The van der Waals surface area contributed by atoms with E-state index in [9.17, 15) is 0 Å². The number of nitrogens with zero attached hydrogens (tertiary/aromatic N) is 2. The maximum Gasteiger partial charge on any atom is 0.167 e. The van der Waals surface area contributed by atoms with Gasteiger partial charge in [-0.2, -0.15) is 0 Å². The summed E-state index contributed by atoms with van der Waals surface area (Å²) in [6.07, 6.45) is 3.82. The Balaban J connectivity index is 2.42. The SMILES string of the molecule is CCCc1noc2ccc3ncccc3c12. The molecular formula is C13H12N2O. The van der Waals surface area contributed by atoms with E-state index in [1.165, 1.54) is 0 Å². The molecule has 0 atom stereocenters. The third kappa shape index (κ3) is 1.28. The summed E-state index contributed by atoms with van der Waals surface area (Å²) in [5, 5.41) is 6.38. The zero-order valence-electron chi connectivity index (χ0n) is 9.10. The molecule has 0 saturated carbocycles. The largest absolute Gasteiger partial charge is 0.356 e. The molecule has 16 heavy (non-hydrogen) atoms. The van der Waals surface area contributed by atoms with Gasteiger partial charge in [0.05, 0.1) is 16.6 Å². The fourth-order valence-corrected chi connectivity index (χ4v) is 2.06. The van der Waals surface area contributed by atoms with Crippen molar-refractivity contribution in [2.24, 2.45) is 0 Å². The molecule has 80 valence electrons. The molecule has 0 unspecified atom stereocenters. The highest BCUT2D eigenvalue weighted by Crippen LogP contribution is 2.27. The molecule has 0 aliphatic carbocycles. The summed E-state index contributed by atoms with van der Waals surface area (Å²) in [7, 11) is 0. The molecule has 0 fully saturated rings. The van der Waals surface area contributed by atoms with Crippen LogP contribution in [0.4, 0.5) is 0 Å². The Labute approximate surface area is 93.1 Å². The summed E-state index contributed by atoms with van der Waals surface area (Å²) < 4.78 is 5.33. The predicted octanol–water partition coefficient (Wildman–Crippen LogP) is 3.33. The molecule has 0 amide bonds. The normalized spacial score (nSPS) is 11.3. The Morgan fingerprint density at radius 3 is 3.06 bits per heavy atom. The number of rotatable bonds is 2. The predicted molar refractivity (Wildman–Crippen MR) is 63.3 cm³/mol. The van der Waals surface area contributed by atoms with E-state index < -0.39 is 0 Å². The van der Waals surface area contributed by atoms with Gasteiger partial charge in [0.25, 0.3) is 0 Å². The molecule has 0 spiro atoms. The van der Waals surface area contributed by atoms with Gasteiger partial charge < -0.3 is 4.52 Å². The average molecular weight is 212 g/mol. The van der Waals surface area contributed by atoms with E-state index in [-0.39, 0.29) is 0 Å². The lowest BCUT2D eigenvalue weighted by molar-refractivity contribution is 0.445. The van der Waals surface area contributed by atoms with Gasteiger partial charge in [0, 0.05) is 11.6 Å². The van der Waals surface area contributed by atoms with Gasteiger partial charge in [-0.15, -0.1) is 0 Å². The highest BCUT2D eigenvalue weighted by molar-refractivity contribution is 6.05. The average Bonchev–Trinajstić information content (AvgIpc) is 2.73. The van der Waals surface area contributed by atoms with E-state index in [4.69, 9.17) is 4.52 Å². The van der Waals surface area contributed by atoms with Crippen molar-refractivity contribution in [3.63, 3.8) is 0 Å². The van der Waals surface area contributed by atoms with Crippen molar-refractivity contribution in [1.29, 1.82) is 0 Å². The van der Waals surface area contributed by atoms with E-state index in [1.54, 1.807) is 6.20 Å². The van der Waals surface area contributed by atoms with Crippen LogP contribution in [0.2, 0.25) is 0 Å². The molecule has 0 bridgehead atoms. The molecule has 3 heteroatoms. The van der Waals surface area contributed by atoms with Crippen LogP contribution < -0.4 is 0 Å². The second kappa shape index (κ2) is 3.59. The number of hydrogen-bond acceptors (Lipinski definition) is 3. The Bertz CT molecular complexity index is 643.